The summed E-state index contributed by atoms with van der Waals surface area (Å²) in [7, 11) is 0. The summed E-state index contributed by atoms with van der Waals surface area (Å²) in [5.74, 6) is -0.260. The van der Waals surface area contributed by atoms with Crippen molar-refractivity contribution in [3.8, 4) is 5.75 Å². The summed E-state index contributed by atoms with van der Waals surface area (Å²) in [6.45, 7) is 0. The Hall–Kier alpha value is -1.16. The highest BCUT2D eigenvalue weighted by atomic mass is 32.1. The van der Waals surface area contributed by atoms with Crippen LogP contribution in [0.25, 0.3) is 0 Å². The topological polar surface area (TPSA) is 49.3 Å². The number of nitrogens with one attached hydrogen (secondary N) is 1. The molecule has 0 saturated carbocycles. The maximum Gasteiger partial charge on any atom is 0.261 e. The molecule has 0 unspecified atom stereocenters. The first-order valence-electron chi connectivity index (χ1n) is 2.97. The number of phenols is 1. The molecule has 0 radical (unpaired) electrons. The van der Waals surface area contributed by atoms with Crippen LogP contribution in [0.4, 0.5) is 0 Å². The molecule has 0 aliphatic heterocycles. The molecule has 0 fully saturated rings. The number of phenolic OH excluding ortho intramolecular Hbond substituents is 1. The van der Waals surface area contributed by atoms with Gasteiger partial charge >= 0.3 is 0 Å². The summed E-state index contributed by atoms with van der Waals surface area (Å²) < 4.78 is 2.15. The van der Waals surface area contributed by atoms with E-state index in [1.165, 1.54) is 12.1 Å². The van der Waals surface area contributed by atoms with Gasteiger partial charge in [-0.15, -0.1) is 0 Å². The van der Waals surface area contributed by atoms with Crippen LogP contribution in [0.1, 0.15) is 10.4 Å². The van der Waals surface area contributed by atoms with Crippen LogP contribution in [-0.2, 0) is 0 Å². The van der Waals surface area contributed by atoms with E-state index in [0.29, 0.717) is 5.56 Å². The van der Waals surface area contributed by atoms with Crippen LogP contribution in [0.2, 0.25) is 0 Å². The van der Waals surface area contributed by atoms with E-state index in [1.807, 2.05) is 0 Å². The Balaban J connectivity index is 2.96. The van der Waals surface area contributed by atoms with Crippen molar-refractivity contribution in [2.75, 3.05) is 0 Å². The van der Waals surface area contributed by atoms with E-state index in [-0.39, 0.29) is 11.7 Å². The molecule has 2 N–H and O–H groups in total. The highest BCUT2D eigenvalue weighted by Gasteiger charge is 2.01. The van der Waals surface area contributed by atoms with Gasteiger partial charge < -0.3 is 5.11 Å². The number of amides is 1. The Morgan fingerprint density at radius 3 is 2.82 bits per heavy atom. The minimum absolute atomic E-state index is 0.0689. The van der Waals surface area contributed by atoms with Gasteiger partial charge in [-0.2, -0.15) is 0 Å². The second-order valence-electron chi connectivity index (χ2n) is 1.99. The zero-order chi connectivity index (χ0) is 8.27. The first-order valence-corrected chi connectivity index (χ1v) is 3.42. The van der Waals surface area contributed by atoms with Gasteiger partial charge in [0, 0.05) is 5.56 Å². The van der Waals surface area contributed by atoms with Crippen molar-refractivity contribution in [1.29, 1.82) is 0 Å². The predicted octanol–water partition coefficient (Wildman–Crippen LogP) is 0.967. The fourth-order valence-electron chi connectivity index (χ4n) is 0.712. The maximum absolute atomic E-state index is 10.9. The lowest BCUT2D eigenvalue weighted by molar-refractivity contribution is 0.0984. The van der Waals surface area contributed by atoms with Gasteiger partial charge in [0.1, 0.15) is 5.75 Å². The zero-order valence-electron chi connectivity index (χ0n) is 5.61. The third-order valence-corrected chi connectivity index (χ3v) is 1.41. The van der Waals surface area contributed by atoms with Gasteiger partial charge in [-0.05, 0) is 18.2 Å². The number of thiol groups is 1. The molecule has 3 nitrogen and oxygen atoms in total. The summed E-state index contributed by atoms with van der Waals surface area (Å²) in [6, 6.07) is 6.04. The number of benzene rings is 1. The maximum atomic E-state index is 10.9. The Kier molecular flexibility index (Phi) is 2.38. The SMILES string of the molecule is O=C(NS)c1cccc(O)c1. The van der Waals surface area contributed by atoms with Gasteiger partial charge in [-0.3, -0.25) is 9.52 Å². The molecule has 0 aliphatic carbocycles. The lowest BCUT2D eigenvalue weighted by Crippen LogP contribution is -2.11. The molecule has 1 rings (SSSR count). The molecular weight excluding hydrogens is 162 g/mol. The number of hydrogen-bond donors (Lipinski definition) is 3. The van der Waals surface area contributed by atoms with Gasteiger partial charge in [0.15, 0.2) is 0 Å². The highest BCUT2D eigenvalue weighted by Crippen LogP contribution is 2.10. The van der Waals surface area contributed by atoms with E-state index in [4.69, 9.17) is 5.11 Å². The molecule has 11 heavy (non-hydrogen) atoms. The van der Waals surface area contributed by atoms with E-state index >= 15 is 0 Å². The molecule has 0 aromatic heterocycles. The highest BCUT2D eigenvalue weighted by molar-refractivity contribution is 7.78. The summed E-state index contributed by atoms with van der Waals surface area (Å²) in [6.07, 6.45) is 0. The Morgan fingerprint density at radius 1 is 1.55 bits per heavy atom. The van der Waals surface area contributed by atoms with Gasteiger partial charge in [-0.25, -0.2) is 0 Å². The minimum Gasteiger partial charge on any atom is -0.508 e. The van der Waals surface area contributed by atoms with E-state index in [0.717, 1.165) is 0 Å². The van der Waals surface area contributed by atoms with Crippen LogP contribution < -0.4 is 4.72 Å². The van der Waals surface area contributed by atoms with Crippen LogP contribution in [0, 0.1) is 0 Å². The van der Waals surface area contributed by atoms with Crippen LogP contribution in [0.15, 0.2) is 24.3 Å². The van der Waals surface area contributed by atoms with E-state index in [2.05, 4.69) is 17.5 Å². The fourth-order valence-corrected chi connectivity index (χ4v) is 0.841. The molecule has 0 spiro atoms. The van der Waals surface area contributed by atoms with Gasteiger partial charge in [-0.1, -0.05) is 18.9 Å². The lowest BCUT2D eigenvalue weighted by atomic mass is 10.2. The summed E-state index contributed by atoms with van der Waals surface area (Å²) >= 11 is 3.58. The minimum atomic E-state index is -0.329. The van der Waals surface area contributed by atoms with Gasteiger partial charge in [0.05, 0.1) is 0 Å². The largest absolute Gasteiger partial charge is 0.508 e. The van der Waals surface area contributed by atoms with Gasteiger partial charge in [0.2, 0.25) is 0 Å². The molecule has 58 valence electrons. The summed E-state index contributed by atoms with van der Waals surface area (Å²) in [5, 5.41) is 8.95. The number of rotatable bonds is 1. The van der Waals surface area contributed by atoms with Crippen molar-refractivity contribution in [2.45, 2.75) is 0 Å². The van der Waals surface area contributed by atoms with Crippen LogP contribution in [0.5, 0.6) is 5.75 Å². The molecule has 1 amide bonds. The Morgan fingerprint density at radius 2 is 2.27 bits per heavy atom. The van der Waals surface area contributed by atoms with Crippen molar-refractivity contribution < 1.29 is 9.90 Å². The van der Waals surface area contributed by atoms with Crippen molar-refractivity contribution in [3.63, 3.8) is 0 Å². The quantitative estimate of drug-likeness (QED) is 0.548. The fraction of sp³-hybridized carbons (Fsp3) is 0. The first-order chi connectivity index (χ1) is 5.24. The molecule has 0 bridgehead atoms. The van der Waals surface area contributed by atoms with E-state index < -0.39 is 0 Å². The van der Waals surface area contributed by atoms with Crippen molar-refractivity contribution in [2.24, 2.45) is 0 Å². The molecule has 1 aromatic rings. The van der Waals surface area contributed by atoms with Crippen molar-refractivity contribution >= 4 is 18.7 Å². The van der Waals surface area contributed by atoms with Crippen molar-refractivity contribution in [3.05, 3.63) is 29.8 Å². The predicted molar refractivity (Wildman–Crippen MR) is 44.6 cm³/mol. The average molecular weight is 169 g/mol. The third kappa shape index (κ3) is 1.88. The van der Waals surface area contributed by atoms with Crippen LogP contribution in [0.3, 0.4) is 0 Å². The second-order valence-corrected chi connectivity index (χ2v) is 2.21. The third-order valence-electron chi connectivity index (χ3n) is 1.21. The number of aromatic hydroxyl groups is 1. The molecule has 0 heterocycles. The number of carbonyl (C=O) groups is 1. The number of hydrogen-bond acceptors (Lipinski definition) is 3. The smallest absolute Gasteiger partial charge is 0.261 e. The standard InChI is InChI=1S/C7H7NO2S/c9-6-3-1-2-5(4-6)7(10)8-11/h1-4,9,11H,(H,8,10). The first kappa shape index (κ1) is 7.94. The van der Waals surface area contributed by atoms with E-state index in [9.17, 15) is 4.79 Å². The average Bonchev–Trinajstić information content (AvgIpc) is 2.03. The molecule has 0 saturated heterocycles. The zero-order valence-corrected chi connectivity index (χ0v) is 6.51. The van der Waals surface area contributed by atoms with Crippen LogP contribution >= 0.6 is 12.8 Å². The normalized spacial score (nSPS) is 9.18. The van der Waals surface area contributed by atoms with Crippen molar-refractivity contribution in [1.82, 2.24) is 4.72 Å². The molecular formula is C7H7NO2S. The lowest BCUT2D eigenvalue weighted by Gasteiger charge is -1.97. The molecule has 1 aromatic carbocycles. The monoisotopic (exact) mass is 169 g/mol. The van der Waals surface area contributed by atoms with Crippen LogP contribution in [-0.4, -0.2) is 11.0 Å². The Bertz CT molecular complexity index is 275. The Labute approximate surface area is 69.6 Å². The summed E-state index contributed by atoms with van der Waals surface area (Å²) in [4.78, 5) is 10.9. The summed E-state index contributed by atoms with van der Waals surface area (Å²) in [5.41, 5.74) is 0.389. The molecule has 4 heteroatoms. The molecule has 0 aliphatic rings. The van der Waals surface area contributed by atoms with E-state index in [1.54, 1.807) is 12.1 Å². The number of carbonyl (C=O) groups excluding carboxylic acids is 1. The second kappa shape index (κ2) is 3.30. The van der Waals surface area contributed by atoms with Gasteiger partial charge in [0.25, 0.3) is 5.91 Å². The molecule has 0 atom stereocenters.